The fourth-order valence-corrected chi connectivity index (χ4v) is 6.56. The fourth-order valence-electron chi connectivity index (χ4n) is 5.32. The highest BCUT2D eigenvalue weighted by Crippen LogP contribution is 2.33. The number of hydrogen-bond acceptors (Lipinski definition) is 4. The second-order valence-corrected chi connectivity index (χ2v) is 11.7. The second kappa shape index (κ2) is 10.5. The summed E-state index contributed by atoms with van der Waals surface area (Å²) >= 11 is 0. The summed E-state index contributed by atoms with van der Waals surface area (Å²) < 4.78 is 29.6. The molecule has 2 aliphatic rings. The lowest BCUT2D eigenvalue weighted by molar-refractivity contribution is -0.136. The number of benzene rings is 2. The van der Waals surface area contributed by atoms with Crippen molar-refractivity contribution in [2.75, 3.05) is 12.4 Å². The first-order valence-electron chi connectivity index (χ1n) is 12.4. The Morgan fingerprint density at radius 3 is 2.60 bits per heavy atom. The van der Waals surface area contributed by atoms with Crippen molar-refractivity contribution in [1.29, 1.82) is 0 Å². The van der Waals surface area contributed by atoms with Crippen LogP contribution in [0.3, 0.4) is 0 Å². The molecule has 1 heterocycles. The van der Waals surface area contributed by atoms with Crippen molar-refractivity contribution >= 4 is 27.5 Å². The molecule has 1 aliphatic carbocycles. The zero-order valence-corrected chi connectivity index (χ0v) is 21.5. The number of carbonyl (C=O) groups is 2. The van der Waals surface area contributed by atoms with Gasteiger partial charge in [0, 0.05) is 25.2 Å². The van der Waals surface area contributed by atoms with Crippen molar-refractivity contribution in [3.63, 3.8) is 0 Å². The van der Waals surface area contributed by atoms with Gasteiger partial charge < -0.3 is 10.2 Å². The van der Waals surface area contributed by atoms with Crippen LogP contribution in [0, 0.1) is 11.8 Å². The number of amides is 2. The highest BCUT2D eigenvalue weighted by atomic mass is 32.2. The van der Waals surface area contributed by atoms with Crippen LogP contribution in [-0.2, 0) is 32.5 Å². The molecule has 2 aromatic carbocycles. The third-order valence-corrected chi connectivity index (χ3v) is 9.14. The van der Waals surface area contributed by atoms with Crippen LogP contribution >= 0.6 is 0 Å². The van der Waals surface area contributed by atoms with Gasteiger partial charge in [0.05, 0.1) is 4.90 Å². The highest BCUT2D eigenvalue weighted by molar-refractivity contribution is 7.89. The maximum atomic E-state index is 13.7. The van der Waals surface area contributed by atoms with E-state index in [-0.39, 0.29) is 29.2 Å². The number of rotatable bonds is 7. The predicted octanol–water partition coefficient (Wildman–Crippen LogP) is 3.74. The lowest BCUT2D eigenvalue weighted by Gasteiger charge is -2.41. The van der Waals surface area contributed by atoms with Gasteiger partial charge in [0.1, 0.15) is 6.04 Å². The lowest BCUT2D eigenvalue weighted by Crippen LogP contribution is -2.53. The largest absolute Gasteiger partial charge is 0.341 e. The number of fused-ring (bicyclic) bond motifs is 1. The van der Waals surface area contributed by atoms with Gasteiger partial charge in [-0.15, -0.1) is 0 Å². The van der Waals surface area contributed by atoms with E-state index >= 15 is 0 Å². The molecule has 2 aromatic rings. The quantitative estimate of drug-likeness (QED) is 0.609. The molecule has 2 amide bonds. The number of hydrogen-bond donors (Lipinski definition) is 2. The zero-order chi connectivity index (χ0) is 25.2. The standard InChI is InChI=1S/C27H35N3O4S/c1-18-8-7-11-25(19(18)2)30(3)27(32)24(16-20-9-5-4-6-10-20)29-35(33,34)22-13-14-23-21(17-22)12-15-26(31)28-23/h4-6,9-10,13-14,17-19,24-25,29H,7-8,11-12,15-16H2,1-3H3,(H,28,31). The Balaban J connectivity index is 1.60. The van der Waals surface area contributed by atoms with Crippen molar-refractivity contribution in [2.45, 2.75) is 69.4 Å². The average molecular weight is 498 g/mol. The smallest absolute Gasteiger partial charge is 0.241 e. The van der Waals surface area contributed by atoms with Crippen molar-refractivity contribution in [3.8, 4) is 0 Å². The SMILES string of the molecule is CC1CCCC(N(C)C(=O)C(Cc2ccccc2)NS(=O)(=O)c2ccc3c(c2)CCC(=O)N3)C1C. The average Bonchev–Trinajstić information content (AvgIpc) is 2.84. The van der Waals surface area contributed by atoms with E-state index in [1.165, 1.54) is 6.07 Å². The third-order valence-electron chi connectivity index (χ3n) is 7.67. The summed E-state index contributed by atoms with van der Waals surface area (Å²) in [5, 5.41) is 2.77. The summed E-state index contributed by atoms with van der Waals surface area (Å²) in [5.41, 5.74) is 2.30. The molecule has 8 heteroatoms. The lowest BCUT2D eigenvalue weighted by atomic mass is 9.77. The van der Waals surface area contributed by atoms with Crippen LogP contribution < -0.4 is 10.0 Å². The number of likely N-dealkylation sites (N-methyl/N-ethyl adjacent to an activating group) is 1. The number of aryl methyl sites for hydroxylation is 1. The number of nitrogens with one attached hydrogen (secondary N) is 2. The summed E-state index contributed by atoms with van der Waals surface area (Å²) in [6, 6.07) is 13.3. The first-order chi connectivity index (χ1) is 16.7. The molecule has 4 unspecified atom stereocenters. The maximum absolute atomic E-state index is 13.7. The minimum absolute atomic E-state index is 0.0750. The van der Waals surface area contributed by atoms with E-state index in [1.54, 1.807) is 24.1 Å². The molecule has 4 rings (SSSR count). The van der Waals surface area contributed by atoms with Crippen LogP contribution in [-0.4, -0.2) is 44.3 Å². The molecule has 1 saturated carbocycles. The Morgan fingerprint density at radius 2 is 1.86 bits per heavy atom. The number of nitrogens with zero attached hydrogens (tertiary/aromatic N) is 1. The minimum Gasteiger partial charge on any atom is -0.341 e. The molecule has 0 spiro atoms. The molecule has 2 N–H and O–H groups in total. The van der Waals surface area contributed by atoms with Gasteiger partial charge in [0.25, 0.3) is 0 Å². The van der Waals surface area contributed by atoms with Crippen LogP contribution in [0.4, 0.5) is 5.69 Å². The van der Waals surface area contributed by atoms with Crippen molar-refractivity contribution < 1.29 is 18.0 Å². The maximum Gasteiger partial charge on any atom is 0.241 e. The highest BCUT2D eigenvalue weighted by Gasteiger charge is 2.36. The Labute approximate surface area is 208 Å². The molecule has 4 atom stereocenters. The van der Waals surface area contributed by atoms with E-state index in [2.05, 4.69) is 23.9 Å². The van der Waals surface area contributed by atoms with Gasteiger partial charge >= 0.3 is 0 Å². The minimum atomic E-state index is -3.97. The molecule has 0 saturated heterocycles. The molecule has 7 nitrogen and oxygen atoms in total. The van der Waals surface area contributed by atoms with Gasteiger partial charge in [-0.2, -0.15) is 4.72 Å². The number of sulfonamides is 1. The van der Waals surface area contributed by atoms with E-state index < -0.39 is 16.1 Å². The molecular formula is C27H35N3O4S. The number of carbonyl (C=O) groups excluding carboxylic acids is 2. The normalized spacial score (nSPS) is 23.2. The molecule has 188 valence electrons. The summed E-state index contributed by atoms with van der Waals surface area (Å²) in [6.07, 6.45) is 4.21. The molecule has 0 radical (unpaired) electrons. The van der Waals surface area contributed by atoms with Gasteiger partial charge in [-0.25, -0.2) is 8.42 Å². The summed E-state index contributed by atoms with van der Waals surface area (Å²) in [5.74, 6) is 0.578. The molecule has 1 fully saturated rings. The van der Waals surface area contributed by atoms with E-state index in [4.69, 9.17) is 0 Å². The Bertz CT molecular complexity index is 1180. The van der Waals surface area contributed by atoms with Crippen LogP contribution in [0.1, 0.15) is 50.7 Å². The summed E-state index contributed by atoms with van der Waals surface area (Å²) in [7, 11) is -2.17. The van der Waals surface area contributed by atoms with E-state index in [0.717, 1.165) is 30.4 Å². The van der Waals surface area contributed by atoms with Crippen LogP contribution in [0.25, 0.3) is 0 Å². The Hall–Kier alpha value is -2.71. The van der Waals surface area contributed by atoms with Gasteiger partial charge in [0.15, 0.2) is 0 Å². The first kappa shape index (κ1) is 25.4. The summed E-state index contributed by atoms with van der Waals surface area (Å²) in [6.45, 7) is 4.40. The molecule has 0 bridgehead atoms. The van der Waals surface area contributed by atoms with Crippen LogP contribution in [0.5, 0.6) is 0 Å². The van der Waals surface area contributed by atoms with E-state index in [0.29, 0.717) is 30.4 Å². The van der Waals surface area contributed by atoms with Crippen LogP contribution in [0.15, 0.2) is 53.4 Å². The zero-order valence-electron chi connectivity index (χ0n) is 20.7. The summed E-state index contributed by atoms with van der Waals surface area (Å²) in [4.78, 5) is 27.2. The first-order valence-corrected chi connectivity index (χ1v) is 13.9. The van der Waals surface area contributed by atoms with Gasteiger partial charge in [0.2, 0.25) is 21.8 Å². The van der Waals surface area contributed by atoms with E-state index in [9.17, 15) is 18.0 Å². The van der Waals surface area contributed by atoms with E-state index in [1.807, 2.05) is 30.3 Å². The van der Waals surface area contributed by atoms with Crippen LogP contribution in [0.2, 0.25) is 0 Å². The van der Waals surface area contributed by atoms with Crippen molar-refractivity contribution in [1.82, 2.24) is 9.62 Å². The number of anilines is 1. The molecule has 1 aliphatic heterocycles. The molecule has 35 heavy (non-hydrogen) atoms. The van der Waals surface area contributed by atoms with Gasteiger partial charge in [-0.3, -0.25) is 9.59 Å². The van der Waals surface area contributed by atoms with Crippen molar-refractivity contribution in [2.24, 2.45) is 11.8 Å². The fraction of sp³-hybridized carbons (Fsp3) is 0.481. The second-order valence-electron chi connectivity index (χ2n) is 10.0. The Morgan fingerprint density at radius 1 is 1.11 bits per heavy atom. The third kappa shape index (κ3) is 5.76. The topological polar surface area (TPSA) is 95.6 Å². The predicted molar refractivity (Wildman–Crippen MR) is 136 cm³/mol. The molecular weight excluding hydrogens is 462 g/mol. The van der Waals surface area contributed by atoms with Gasteiger partial charge in [-0.05, 0) is 60.4 Å². The Kier molecular flexibility index (Phi) is 7.62. The molecule has 0 aromatic heterocycles. The monoisotopic (exact) mass is 497 g/mol. The van der Waals surface area contributed by atoms with Crippen molar-refractivity contribution in [3.05, 3.63) is 59.7 Å². The van der Waals surface area contributed by atoms with Gasteiger partial charge in [-0.1, -0.05) is 57.0 Å².